The van der Waals surface area contributed by atoms with Crippen molar-refractivity contribution < 1.29 is 13.2 Å². The smallest absolute Gasteiger partial charge is 0.243 e. The number of nitrogens with zero attached hydrogens (tertiary/aromatic N) is 4. The molecule has 0 radical (unpaired) electrons. The van der Waals surface area contributed by atoms with Gasteiger partial charge in [-0.05, 0) is 29.1 Å². The summed E-state index contributed by atoms with van der Waals surface area (Å²) in [4.78, 5) is 1.58. The Hall–Kier alpha value is -1.72. The molecule has 0 atom stereocenters. The van der Waals surface area contributed by atoms with E-state index in [1.165, 1.54) is 9.18 Å². The van der Waals surface area contributed by atoms with Gasteiger partial charge in [-0.15, -0.1) is 21.5 Å². The molecule has 0 spiro atoms. The lowest BCUT2D eigenvalue weighted by molar-refractivity contribution is 0.0730. The van der Waals surface area contributed by atoms with Crippen LogP contribution in [0.25, 0.3) is 0 Å². The Balaban J connectivity index is 1.44. The summed E-state index contributed by atoms with van der Waals surface area (Å²) < 4.78 is 34.5. The highest BCUT2D eigenvalue weighted by molar-refractivity contribution is 7.98. The molecule has 3 aromatic rings. The second kappa shape index (κ2) is 8.97. The van der Waals surface area contributed by atoms with Gasteiger partial charge in [-0.2, -0.15) is 4.31 Å². The molecule has 3 heterocycles. The lowest BCUT2D eigenvalue weighted by atomic mass is 10.2. The van der Waals surface area contributed by atoms with Crippen molar-refractivity contribution in [2.75, 3.05) is 26.3 Å². The van der Waals surface area contributed by atoms with Crippen LogP contribution < -0.4 is 0 Å². The molecule has 1 aliphatic heterocycles. The van der Waals surface area contributed by atoms with E-state index in [1.807, 2.05) is 23.7 Å². The number of morpholine rings is 1. The van der Waals surface area contributed by atoms with Gasteiger partial charge in [0.1, 0.15) is 5.82 Å². The van der Waals surface area contributed by atoms with E-state index in [0.717, 1.165) is 23.0 Å². The summed E-state index contributed by atoms with van der Waals surface area (Å²) >= 11 is 3.26. The van der Waals surface area contributed by atoms with Crippen LogP contribution >= 0.6 is 23.1 Å². The zero-order valence-corrected chi connectivity index (χ0v) is 18.5. The van der Waals surface area contributed by atoms with Gasteiger partial charge >= 0.3 is 0 Å². The van der Waals surface area contributed by atoms with Crippen LogP contribution in [0.5, 0.6) is 0 Å². The van der Waals surface area contributed by atoms with Crippen LogP contribution in [0, 0.1) is 0 Å². The van der Waals surface area contributed by atoms with Gasteiger partial charge in [-0.3, -0.25) is 0 Å². The molecule has 154 valence electrons. The van der Waals surface area contributed by atoms with Crippen molar-refractivity contribution >= 4 is 33.1 Å². The molecular formula is C19H22N4O3S3. The van der Waals surface area contributed by atoms with Gasteiger partial charge in [0.15, 0.2) is 5.16 Å². The van der Waals surface area contributed by atoms with E-state index in [9.17, 15) is 8.42 Å². The molecule has 29 heavy (non-hydrogen) atoms. The van der Waals surface area contributed by atoms with Crippen molar-refractivity contribution in [3.63, 3.8) is 0 Å². The molecule has 10 heteroatoms. The normalized spacial score (nSPS) is 15.6. The molecule has 4 rings (SSSR count). The fourth-order valence-electron chi connectivity index (χ4n) is 3.07. The third-order valence-electron chi connectivity index (χ3n) is 4.71. The van der Waals surface area contributed by atoms with E-state index in [2.05, 4.69) is 21.6 Å². The molecule has 0 N–H and O–H groups in total. The summed E-state index contributed by atoms with van der Waals surface area (Å²) in [5, 5.41) is 11.5. The maximum atomic E-state index is 12.9. The summed E-state index contributed by atoms with van der Waals surface area (Å²) in [6.07, 6.45) is 0.759. The van der Waals surface area contributed by atoms with E-state index in [1.54, 1.807) is 41.3 Å². The van der Waals surface area contributed by atoms with Crippen LogP contribution in [0.1, 0.15) is 16.3 Å². The third kappa shape index (κ3) is 4.72. The Bertz CT molecular complexity index is 1060. The number of thiophene rings is 1. The quantitative estimate of drug-likeness (QED) is 0.515. The van der Waals surface area contributed by atoms with Crippen molar-refractivity contribution in [2.45, 2.75) is 22.2 Å². The molecule has 2 aromatic heterocycles. The van der Waals surface area contributed by atoms with Gasteiger partial charge in [-0.25, -0.2) is 8.42 Å². The Kier molecular flexibility index (Phi) is 6.35. The molecule has 0 bridgehead atoms. The number of benzene rings is 1. The molecule has 1 fully saturated rings. The number of aromatic nitrogens is 3. The first-order chi connectivity index (χ1) is 14.0. The molecule has 0 aliphatic carbocycles. The Morgan fingerprint density at radius 2 is 2.00 bits per heavy atom. The fraction of sp³-hybridized carbons (Fsp3) is 0.368. The van der Waals surface area contributed by atoms with Crippen LogP contribution in [0.4, 0.5) is 0 Å². The van der Waals surface area contributed by atoms with Crippen LogP contribution in [0.2, 0.25) is 0 Å². The van der Waals surface area contributed by atoms with Crippen molar-refractivity contribution in [3.05, 3.63) is 58.0 Å². The minimum atomic E-state index is -3.49. The van der Waals surface area contributed by atoms with E-state index in [4.69, 9.17) is 4.74 Å². The first kappa shape index (κ1) is 20.5. The molecule has 0 amide bonds. The summed E-state index contributed by atoms with van der Waals surface area (Å²) in [5.74, 6) is 1.54. The van der Waals surface area contributed by atoms with Crippen molar-refractivity contribution in [2.24, 2.45) is 7.05 Å². The van der Waals surface area contributed by atoms with Crippen molar-refractivity contribution in [3.8, 4) is 0 Å². The SMILES string of the molecule is Cn1c(Cc2cccs2)nnc1SCc1cccc(S(=O)(=O)N2CCOCC2)c1. The molecule has 1 aromatic carbocycles. The summed E-state index contributed by atoms with van der Waals surface area (Å²) in [5.41, 5.74) is 0.937. The average molecular weight is 451 g/mol. The lowest BCUT2D eigenvalue weighted by Crippen LogP contribution is -2.40. The number of sulfonamides is 1. The van der Waals surface area contributed by atoms with Gasteiger partial charge in [-0.1, -0.05) is 30.0 Å². The second-order valence-electron chi connectivity index (χ2n) is 6.67. The summed E-state index contributed by atoms with van der Waals surface area (Å²) in [6.45, 7) is 1.67. The first-order valence-corrected chi connectivity index (χ1v) is 12.5. The zero-order chi connectivity index (χ0) is 20.3. The topological polar surface area (TPSA) is 77.3 Å². The maximum Gasteiger partial charge on any atom is 0.243 e. The van der Waals surface area contributed by atoms with Crippen molar-refractivity contribution in [1.29, 1.82) is 0 Å². The van der Waals surface area contributed by atoms with Crippen LogP contribution in [0.3, 0.4) is 0 Å². The van der Waals surface area contributed by atoms with Crippen LogP contribution in [-0.2, 0) is 34.0 Å². The van der Waals surface area contributed by atoms with E-state index in [-0.39, 0.29) is 0 Å². The molecule has 7 nitrogen and oxygen atoms in total. The van der Waals surface area contributed by atoms with Gasteiger partial charge in [0.25, 0.3) is 0 Å². The van der Waals surface area contributed by atoms with Gasteiger partial charge in [0, 0.05) is 37.2 Å². The van der Waals surface area contributed by atoms with E-state index in [0.29, 0.717) is 37.0 Å². The number of rotatable bonds is 7. The second-order valence-corrected chi connectivity index (χ2v) is 10.6. The molecule has 0 unspecified atom stereocenters. The summed E-state index contributed by atoms with van der Waals surface area (Å²) in [6, 6.07) is 11.3. The molecular weight excluding hydrogens is 428 g/mol. The van der Waals surface area contributed by atoms with Crippen LogP contribution in [-0.4, -0.2) is 53.8 Å². The van der Waals surface area contributed by atoms with Crippen molar-refractivity contribution in [1.82, 2.24) is 19.1 Å². The number of hydrogen-bond donors (Lipinski definition) is 0. The standard InChI is InChI=1S/C19H22N4O3S3/c1-22-18(13-16-5-3-11-27-16)20-21-19(22)28-14-15-4-2-6-17(12-15)29(24,25)23-7-9-26-10-8-23/h2-6,11-12H,7-10,13-14H2,1H3. The Morgan fingerprint density at radius 1 is 1.17 bits per heavy atom. The number of thioether (sulfide) groups is 1. The van der Waals surface area contributed by atoms with E-state index < -0.39 is 10.0 Å². The van der Waals surface area contributed by atoms with Gasteiger partial charge < -0.3 is 9.30 Å². The highest BCUT2D eigenvalue weighted by Gasteiger charge is 2.26. The fourth-order valence-corrected chi connectivity index (χ4v) is 6.13. The zero-order valence-electron chi connectivity index (χ0n) is 16.0. The molecule has 1 aliphatic rings. The van der Waals surface area contributed by atoms with Gasteiger partial charge in [0.2, 0.25) is 10.0 Å². The number of ether oxygens (including phenoxy) is 1. The van der Waals surface area contributed by atoms with Crippen LogP contribution in [0.15, 0.2) is 51.8 Å². The highest BCUT2D eigenvalue weighted by Crippen LogP contribution is 2.25. The minimum absolute atomic E-state index is 0.328. The first-order valence-electron chi connectivity index (χ1n) is 9.24. The largest absolute Gasteiger partial charge is 0.379 e. The third-order valence-corrected chi connectivity index (χ3v) is 8.57. The Morgan fingerprint density at radius 3 is 2.76 bits per heavy atom. The molecule has 0 saturated carbocycles. The average Bonchev–Trinajstić information content (AvgIpc) is 3.38. The predicted octanol–water partition coefficient (Wildman–Crippen LogP) is 2.78. The highest BCUT2D eigenvalue weighted by atomic mass is 32.2. The van der Waals surface area contributed by atoms with Gasteiger partial charge in [0.05, 0.1) is 18.1 Å². The monoisotopic (exact) mass is 450 g/mol. The lowest BCUT2D eigenvalue weighted by Gasteiger charge is -2.26. The minimum Gasteiger partial charge on any atom is -0.379 e. The predicted molar refractivity (Wildman–Crippen MR) is 114 cm³/mol. The maximum absolute atomic E-state index is 12.9. The van der Waals surface area contributed by atoms with E-state index >= 15 is 0 Å². The summed E-state index contributed by atoms with van der Waals surface area (Å²) in [7, 11) is -1.53. The molecule has 1 saturated heterocycles. The number of hydrogen-bond acceptors (Lipinski definition) is 7. The Labute approximate surface area is 178 Å².